The van der Waals surface area contributed by atoms with E-state index in [1.54, 1.807) is 6.07 Å². The Morgan fingerprint density at radius 1 is 1.20 bits per heavy atom. The van der Waals surface area contributed by atoms with Crippen molar-refractivity contribution in [3.8, 4) is 5.75 Å². The molecule has 25 heavy (non-hydrogen) atoms. The average molecular weight is 363 g/mol. The summed E-state index contributed by atoms with van der Waals surface area (Å²) < 4.78 is 36.7. The molecule has 0 fully saturated rings. The first-order valence-corrected chi connectivity index (χ1v) is 6.46. The molecule has 2 aromatic rings. The van der Waals surface area contributed by atoms with Gasteiger partial charge in [-0.05, 0) is 24.1 Å². The van der Waals surface area contributed by atoms with Gasteiger partial charge in [0.1, 0.15) is 17.4 Å². The SMILES string of the molecule is N[C@@H](Cc1cc(=O)oc2cc(O)ccc12)C(=O)O.O=C(O)C(F)(F)F. The summed E-state index contributed by atoms with van der Waals surface area (Å²) in [6.45, 7) is 0. The molecule has 0 aliphatic rings. The molecule has 5 N–H and O–H groups in total. The third-order valence-corrected chi connectivity index (χ3v) is 2.81. The zero-order valence-corrected chi connectivity index (χ0v) is 12.3. The fraction of sp³-hybridized carbons (Fsp3) is 0.214. The number of phenols is 1. The van der Waals surface area contributed by atoms with Crippen molar-refractivity contribution in [1.29, 1.82) is 0 Å². The normalized spacial score (nSPS) is 12.2. The predicted molar refractivity (Wildman–Crippen MR) is 77.2 cm³/mol. The second-order valence-electron chi connectivity index (χ2n) is 4.72. The quantitative estimate of drug-likeness (QED) is 0.592. The first kappa shape index (κ1) is 20.0. The van der Waals surface area contributed by atoms with E-state index >= 15 is 0 Å². The van der Waals surface area contributed by atoms with Gasteiger partial charge in [-0.3, -0.25) is 4.79 Å². The third kappa shape index (κ3) is 5.80. The first-order chi connectivity index (χ1) is 11.4. The number of benzene rings is 1. The molecule has 0 aliphatic carbocycles. The molecule has 0 spiro atoms. The van der Waals surface area contributed by atoms with Gasteiger partial charge in [0.25, 0.3) is 0 Å². The van der Waals surface area contributed by atoms with Crippen LogP contribution in [-0.4, -0.2) is 39.5 Å². The number of fused-ring (bicyclic) bond motifs is 1. The van der Waals surface area contributed by atoms with Crippen molar-refractivity contribution in [2.75, 3.05) is 0 Å². The fourth-order valence-electron chi connectivity index (χ4n) is 1.71. The number of carbonyl (C=O) groups is 2. The van der Waals surface area contributed by atoms with E-state index < -0.39 is 29.8 Å². The van der Waals surface area contributed by atoms with Crippen molar-refractivity contribution in [2.24, 2.45) is 5.73 Å². The Labute approximate surface area is 136 Å². The molecule has 1 aromatic heterocycles. The maximum Gasteiger partial charge on any atom is 0.490 e. The number of aromatic hydroxyl groups is 1. The molecule has 0 saturated heterocycles. The van der Waals surface area contributed by atoms with E-state index in [1.165, 1.54) is 18.2 Å². The summed E-state index contributed by atoms with van der Waals surface area (Å²) in [5, 5.41) is 25.7. The highest BCUT2D eigenvalue weighted by Gasteiger charge is 2.38. The molecule has 11 heteroatoms. The number of carboxylic acid groups (broad SMARTS) is 2. The highest BCUT2D eigenvalue weighted by atomic mass is 19.4. The van der Waals surface area contributed by atoms with E-state index in [0.717, 1.165) is 0 Å². The minimum absolute atomic E-state index is 0.0161. The van der Waals surface area contributed by atoms with Crippen molar-refractivity contribution in [3.05, 3.63) is 40.2 Å². The molecule has 0 saturated carbocycles. The minimum atomic E-state index is -5.08. The van der Waals surface area contributed by atoms with E-state index in [0.29, 0.717) is 10.9 Å². The molecule has 0 bridgehead atoms. The maximum absolute atomic E-state index is 11.3. The second-order valence-corrected chi connectivity index (χ2v) is 4.72. The predicted octanol–water partition coefficient (Wildman–Crippen LogP) is 1.09. The standard InChI is InChI=1S/C12H11NO5.C2HF3O2/c13-9(12(16)17)3-6-4-11(15)18-10-5-7(14)1-2-8(6)10;3-2(4,5)1(6)7/h1-2,4-5,9,14H,3,13H2,(H,16,17);(H,6,7)/t9-;/m0./s1. The van der Waals surface area contributed by atoms with Gasteiger partial charge in [-0.25, -0.2) is 9.59 Å². The number of carboxylic acids is 2. The second kappa shape index (κ2) is 7.66. The van der Waals surface area contributed by atoms with Gasteiger partial charge in [0.15, 0.2) is 0 Å². The van der Waals surface area contributed by atoms with Gasteiger partial charge in [-0.15, -0.1) is 0 Å². The molecule has 1 aromatic carbocycles. The van der Waals surface area contributed by atoms with Crippen molar-refractivity contribution in [1.82, 2.24) is 0 Å². The summed E-state index contributed by atoms with van der Waals surface area (Å²) in [7, 11) is 0. The van der Waals surface area contributed by atoms with Crippen molar-refractivity contribution in [2.45, 2.75) is 18.6 Å². The van der Waals surface area contributed by atoms with Gasteiger partial charge >= 0.3 is 23.7 Å². The van der Waals surface area contributed by atoms with Crippen LogP contribution >= 0.6 is 0 Å². The minimum Gasteiger partial charge on any atom is -0.508 e. The van der Waals surface area contributed by atoms with Crippen LogP contribution in [-0.2, 0) is 16.0 Å². The average Bonchev–Trinajstić information content (AvgIpc) is 2.45. The van der Waals surface area contributed by atoms with Gasteiger partial charge in [-0.2, -0.15) is 13.2 Å². The number of rotatable bonds is 3. The number of alkyl halides is 3. The lowest BCUT2D eigenvalue weighted by atomic mass is 10.0. The molecule has 1 heterocycles. The summed E-state index contributed by atoms with van der Waals surface area (Å²) >= 11 is 0. The van der Waals surface area contributed by atoms with Crippen LogP contribution in [0.5, 0.6) is 5.75 Å². The zero-order chi connectivity index (χ0) is 19.4. The van der Waals surface area contributed by atoms with Crippen LogP contribution in [0.2, 0.25) is 0 Å². The van der Waals surface area contributed by atoms with Gasteiger partial charge in [-0.1, -0.05) is 0 Å². The molecule has 136 valence electrons. The monoisotopic (exact) mass is 363 g/mol. The Kier molecular flexibility index (Phi) is 6.12. The van der Waals surface area contributed by atoms with Crippen molar-refractivity contribution < 1.29 is 42.5 Å². The van der Waals surface area contributed by atoms with Crippen LogP contribution in [0.15, 0.2) is 33.5 Å². The lowest BCUT2D eigenvalue weighted by molar-refractivity contribution is -0.192. The number of hydrogen-bond acceptors (Lipinski definition) is 6. The van der Waals surface area contributed by atoms with E-state index in [2.05, 4.69) is 0 Å². The Balaban J connectivity index is 0.000000381. The Morgan fingerprint density at radius 3 is 2.24 bits per heavy atom. The fourth-order valence-corrected chi connectivity index (χ4v) is 1.71. The maximum atomic E-state index is 11.3. The highest BCUT2D eigenvalue weighted by Crippen LogP contribution is 2.22. The smallest absolute Gasteiger partial charge is 0.490 e. The number of hydrogen-bond donors (Lipinski definition) is 4. The topological polar surface area (TPSA) is 151 Å². The molecular formula is C14H12F3NO7. The van der Waals surface area contributed by atoms with Crippen LogP contribution in [0.4, 0.5) is 13.2 Å². The van der Waals surface area contributed by atoms with Gasteiger partial charge in [0.2, 0.25) is 0 Å². The molecule has 1 atom stereocenters. The molecule has 0 aliphatic heterocycles. The van der Waals surface area contributed by atoms with E-state index in [1.807, 2.05) is 0 Å². The van der Waals surface area contributed by atoms with Gasteiger partial charge in [0, 0.05) is 17.5 Å². The van der Waals surface area contributed by atoms with Gasteiger partial charge in [0.05, 0.1) is 0 Å². The van der Waals surface area contributed by atoms with E-state index in [-0.39, 0.29) is 17.8 Å². The summed E-state index contributed by atoms with van der Waals surface area (Å²) in [4.78, 5) is 30.9. The lowest BCUT2D eigenvalue weighted by Gasteiger charge is -2.08. The first-order valence-electron chi connectivity index (χ1n) is 6.46. The molecule has 8 nitrogen and oxygen atoms in total. The summed E-state index contributed by atoms with van der Waals surface area (Å²) in [6.07, 6.45) is -5.07. The number of phenolic OH excluding ortho intramolecular Hbond substituents is 1. The van der Waals surface area contributed by atoms with Crippen molar-refractivity contribution >= 4 is 22.9 Å². The largest absolute Gasteiger partial charge is 0.508 e. The van der Waals surface area contributed by atoms with Crippen LogP contribution in [0.3, 0.4) is 0 Å². The van der Waals surface area contributed by atoms with Crippen LogP contribution < -0.4 is 11.4 Å². The Hall–Kier alpha value is -3.08. The van der Waals surface area contributed by atoms with E-state index in [9.17, 15) is 27.9 Å². The number of aliphatic carboxylic acids is 2. The zero-order valence-electron chi connectivity index (χ0n) is 12.3. The van der Waals surface area contributed by atoms with Gasteiger partial charge < -0.3 is 25.5 Å². The Bertz CT molecular complexity index is 844. The molecule has 0 radical (unpaired) electrons. The highest BCUT2D eigenvalue weighted by molar-refractivity contribution is 5.82. The third-order valence-electron chi connectivity index (χ3n) is 2.81. The van der Waals surface area contributed by atoms with Crippen LogP contribution in [0, 0.1) is 0 Å². The van der Waals surface area contributed by atoms with Crippen LogP contribution in [0.1, 0.15) is 5.56 Å². The molecule has 0 unspecified atom stereocenters. The lowest BCUT2D eigenvalue weighted by Crippen LogP contribution is -2.32. The molecular weight excluding hydrogens is 351 g/mol. The van der Waals surface area contributed by atoms with Crippen molar-refractivity contribution in [3.63, 3.8) is 0 Å². The molecule has 0 amide bonds. The molecule has 2 rings (SSSR count). The summed E-state index contributed by atoms with van der Waals surface area (Å²) in [5.74, 6) is -3.94. The summed E-state index contributed by atoms with van der Waals surface area (Å²) in [6, 6.07) is 4.40. The Morgan fingerprint density at radius 2 is 1.76 bits per heavy atom. The summed E-state index contributed by atoms with van der Waals surface area (Å²) in [5.41, 5.74) is 5.51. The van der Waals surface area contributed by atoms with Crippen LogP contribution in [0.25, 0.3) is 11.0 Å². The van der Waals surface area contributed by atoms with E-state index in [4.69, 9.17) is 25.2 Å². The number of halogens is 3. The number of nitrogens with two attached hydrogens (primary N) is 1.